The summed E-state index contributed by atoms with van der Waals surface area (Å²) in [5.41, 5.74) is -1.85. The molecule has 0 aliphatic heterocycles. The predicted molar refractivity (Wildman–Crippen MR) is 55.2 cm³/mol. The Morgan fingerprint density at radius 2 is 2.19 bits per heavy atom. The van der Waals surface area contributed by atoms with Gasteiger partial charge in [0.05, 0.1) is 0 Å². The van der Waals surface area contributed by atoms with Gasteiger partial charge in [-0.3, -0.25) is 4.79 Å². The summed E-state index contributed by atoms with van der Waals surface area (Å²) in [6, 6.07) is 0. The molecule has 1 aromatic heterocycles. The summed E-state index contributed by atoms with van der Waals surface area (Å²) in [5.74, 6) is -1.76. The fourth-order valence-corrected chi connectivity index (χ4v) is 1.07. The molecule has 0 aliphatic carbocycles. The minimum atomic E-state index is -1.34. The van der Waals surface area contributed by atoms with Crippen LogP contribution in [0.4, 0.5) is 0 Å². The van der Waals surface area contributed by atoms with E-state index in [2.05, 4.69) is 15.3 Å². The number of hydrogen-bond donors (Lipinski definition) is 4. The van der Waals surface area contributed by atoms with Crippen LogP contribution in [0.5, 0.6) is 0 Å². The molecule has 7 nitrogen and oxygen atoms in total. The van der Waals surface area contributed by atoms with Crippen molar-refractivity contribution in [2.75, 3.05) is 0 Å². The number of carboxylic acids is 1. The van der Waals surface area contributed by atoms with Gasteiger partial charge in [-0.05, 0) is 13.3 Å². The highest BCUT2D eigenvalue weighted by Crippen LogP contribution is 2.09. The largest absolute Gasteiger partial charge is 0.480 e. The van der Waals surface area contributed by atoms with Crippen molar-refractivity contribution in [3.05, 3.63) is 22.4 Å². The van der Waals surface area contributed by atoms with Gasteiger partial charge in [0.2, 0.25) is 0 Å². The van der Waals surface area contributed by atoms with Crippen LogP contribution in [-0.2, 0) is 4.79 Å². The second-order valence-electron chi connectivity index (χ2n) is 3.60. The van der Waals surface area contributed by atoms with E-state index >= 15 is 0 Å². The van der Waals surface area contributed by atoms with E-state index in [1.165, 1.54) is 13.1 Å². The zero-order chi connectivity index (χ0) is 12.3. The smallest absolute Gasteiger partial charge is 0.329 e. The second-order valence-corrected chi connectivity index (χ2v) is 3.60. The van der Waals surface area contributed by atoms with E-state index in [9.17, 15) is 14.4 Å². The van der Waals surface area contributed by atoms with Crippen molar-refractivity contribution in [2.45, 2.75) is 25.8 Å². The van der Waals surface area contributed by atoms with Gasteiger partial charge in [0.15, 0.2) is 0 Å². The number of nitrogens with one attached hydrogen (secondary N) is 3. The van der Waals surface area contributed by atoms with Gasteiger partial charge >= 0.3 is 11.7 Å². The van der Waals surface area contributed by atoms with E-state index in [0.717, 1.165) is 0 Å². The van der Waals surface area contributed by atoms with Crippen molar-refractivity contribution in [2.24, 2.45) is 0 Å². The third kappa shape index (κ3) is 2.30. The Balaban J connectivity index is 2.85. The molecule has 0 aliphatic rings. The molecule has 1 atom stereocenters. The van der Waals surface area contributed by atoms with Crippen LogP contribution in [0.2, 0.25) is 0 Å². The molecule has 0 saturated carbocycles. The molecule has 7 heteroatoms. The molecule has 0 aromatic carbocycles. The number of aromatic nitrogens is 2. The van der Waals surface area contributed by atoms with E-state index < -0.39 is 23.1 Å². The molecule has 1 amide bonds. The van der Waals surface area contributed by atoms with E-state index in [4.69, 9.17) is 5.11 Å². The average Bonchev–Trinajstić information content (AvgIpc) is 2.64. The lowest BCUT2D eigenvalue weighted by Crippen LogP contribution is -2.51. The van der Waals surface area contributed by atoms with Gasteiger partial charge in [0.1, 0.15) is 11.2 Å². The fourth-order valence-electron chi connectivity index (χ4n) is 1.07. The van der Waals surface area contributed by atoms with Crippen molar-refractivity contribution in [3.63, 3.8) is 0 Å². The number of aromatic amines is 2. The third-order valence-corrected chi connectivity index (χ3v) is 2.41. The van der Waals surface area contributed by atoms with Gasteiger partial charge in [-0.1, -0.05) is 6.92 Å². The molecule has 1 unspecified atom stereocenters. The molecule has 0 bridgehead atoms. The van der Waals surface area contributed by atoms with Crippen LogP contribution in [0, 0.1) is 0 Å². The number of H-pyrrole nitrogens is 2. The Morgan fingerprint density at radius 1 is 1.56 bits per heavy atom. The van der Waals surface area contributed by atoms with Crippen LogP contribution in [0.3, 0.4) is 0 Å². The Morgan fingerprint density at radius 3 is 2.56 bits per heavy atom. The van der Waals surface area contributed by atoms with Crippen LogP contribution in [-0.4, -0.2) is 32.5 Å². The summed E-state index contributed by atoms with van der Waals surface area (Å²) in [5, 5.41) is 11.3. The summed E-state index contributed by atoms with van der Waals surface area (Å²) in [6.45, 7) is 3.05. The maximum Gasteiger partial charge on any atom is 0.329 e. The lowest BCUT2D eigenvalue weighted by molar-refractivity contribution is -0.143. The van der Waals surface area contributed by atoms with Crippen LogP contribution < -0.4 is 11.0 Å². The zero-order valence-electron chi connectivity index (χ0n) is 8.96. The number of carbonyl (C=O) groups excluding carboxylic acids is 1. The van der Waals surface area contributed by atoms with Crippen LogP contribution >= 0.6 is 0 Å². The summed E-state index contributed by atoms with van der Waals surface area (Å²) in [4.78, 5) is 37.8. The summed E-state index contributed by atoms with van der Waals surface area (Å²) >= 11 is 0. The maximum absolute atomic E-state index is 11.6. The van der Waals surface area contributed by atoms with Crippen LogP contribution in [0.1, 0.15) is 30.8 Å². The first-order chi connectivity index (χ1) is 7.39. The van der Waals surface area contributed by atoms with E-state index in [-0.39, 0.29) is 12.1 Å². The highest BCUT2D eigenvalue weighted by atomic mass is 16.4. The minimum Gasteiger partial charge on any atom is -0.480 e. The van der Waals surface area contributed by atoms with Gasteiger partial charge < -0.3 is 20.4 Å². The molecular formula is C9H13N3O4. The second kappa shape index (κ2) is 4.21. The van der Waals surface area contributed by atoms with Gasteiger partial charge in [0.25, 0.3) is 5.91 Å². The molecule has 1 heterocycles. The Bertz CT molecular complexity index is 461. The van der Waals surface area contributed by atoms with Gasteiger partial charge in [0, 0.05) is 6.20 Å². The van der Waals surface area contributed by atoms with Crippen LogP contribution in [0.25, 0.3) is 0 Å². The van der Waals surface area contributed by atoms with Crippen LogP contribution in [0.15, 0.2) is 11.0 Å². The summed E-state index contributed by atoms with van der Waals surface area (Å²) in [6.07, 6.45) is 1.43. The van der Waals surface area contributed by atoms with Gasteiger partial charge in [-0.2, -0.15) is 0 Å². The molecule has 0 saturated heterocycles. The summed E-state index contributed by atoms with van der Waals surface area (Å²) in [7, 11) is 0. The molecular weight excluding hydrogens is 214 g/mol. The standard InChI is InChI=1S/C9H13N3O4/c1-3-9(2,7(14)15)12-6(13)5-4-10-8(16)11-5/h4H,3H2,1-2H3,(H,12,13)(H,14,15)(H2,10,11,16). The first kappa shape index (κ1) is 12.0. The SMILES string of the molecule is CCC(C)(NC(=O)c1c[nH]c(=O)[nH]1)C(=O)O. The van der Waals surface area contributed by atoms with Crippen molar-refractivity contribution in [1.29, 1.82) is 0 Å². The van der Waals surface area contributed by atoms with E-state index in [0.29, 0.717) is 0 Å². The molecule has 16 heavy (non-hydrogen) atoms. The van der Waals surface area contributed by atoms with Gasteiger partial charge in [-0.25, -0.2) is 9.59 Å². The first-order valence-corrected chi connectivity index (χ1v) is 4.72. The van der Waals surface area contributed by atoms with Crippen molar-refractivity contribution in [3.8, 4) is 0 Å². The molecule has 1 rings (SSSR count). The molecule has 0 spiro atoms. The maximum atomic E-state index is 11.6. The molecule has 4 N–H and O–H groups in total. The topological polar surface area (TPSA) is 115 Å². The average molecular weight is 227 g/mol. The highest BCUT2D eigenvalue weighted by Gasteiger charge is 2.33. The third-order valence-electron chi connectivity index (χ3n) is 2.41. The minimum absolute atomic E-state index is 0.00549. The Kier molecular flexibility index (Phi) is 3.17. The Hall–Kier alpha value is -2.05. The fraction of sp³-hybridized carbons (Fsp3) is 0.444. The predicted octanol–water partition coefficient (Wildman–Crippen LogP) is -0.314. The van der Waals surface area contributed by atoms with Crippen molar-refractivity contribution >= 4 is 11.9 Å². The quantitative estimate of drug-likeness (QED) is 0.564. The molecule has 88 valence electrons. The van der Waals surface area contributed by atoms with E-state index in [1.807, 2.05) is 0 Å². The van der Waals surface area contributed by atoms with Crippen molar-refractivity contribution in [1.82, 2.24) is 15.3 Å². The number of imidazole rings is 1. The lowest BCUT2D eigenvalue weighted by Gasteiger charge is -2.23. The lowest BCUT2D eigenvalue weighted by atomic mass is 9.99. The van der Waals surface area contributed by atoms with E-state index in [1.54, 1.807) is 6.92 Å². The Labute approximate surface area is 90.9 Å². The number of hydrogen-bond acceptors (Lipinski definition) is 3. The molecule has 0 fully saturated rings. The summed E-state index contributed by atoms with van der Waals surface area (Å²) < 4.78 is 0. The monoisotopic (exact) mass is 227 g/mol. The number of amides is 1. The highest BCUT2D eigenvalue weighted by molar-refractivity contribution is 5.96. The normalized spacial score (nSPS) is 14.1. The molecule has 1 aromatic rings. The first-order valence-electron chi connectivity index (χ1n) is 4.72. The number of aliphatic carboxylic acids is 1. The van der Waals surface area contributed by atoms with Crippen molar-refractivity contribution < 1.29 is 14.7 Å². The zero-order valence-corrected chi connectivity index (χ0v) is 8.96. The molecule has 0 radical (unpaired) electrons. The number of carboxylic acid groups (broad SMARTS) is 1. The number of carbonyl (C=O) groups is 2. The number of rotatable bonds is 4. The van der Waals surface area contributed by atoms with Gasteiger partial charge in [-0.15, -0.1) is 0 Å².